The van der Waals surface area contributed by atoms with Gasteiger partial charge in [0.25, 0.3) is 0 Å². The van der Waals surface area contributed by atoms with Crippen molar-refractivity contribution in [3.8, 4) is 0 Å². The fourth-order valence-corrected chi connectivity index (χ4v) is 4.46. The summed E-state index contributed by atoms with van der Waals surface area (Å²) in [6.45, 7) is -0.270. The summed E-state index contributed by atoms with van der Waals surface area (Å²) in [6.07, 6.45) is 3.43. The lowest BCUT2D eigenvalue weighted by atomic mass is 10.2. The Morgan fingerprint density at radius 1 is 1.35 bits per heavy atom. The first-order valence-electron chi connectivity index (χ1n) is 6.65. The minimum absolute atomic E-state index is 0.00293. The van der Waals surface area contributed by atoms with E-state index in [1.165, 1.54) is 16.4 Å². The van der Waals surface area contributed by atoms with Crippen molar-refractivity contribution in [3.05, 3.63) is 24.0 Å². The molecule has 1 aromatic carbocycles. The molecule has 20 heavy (non-hydrogen) atoms. The van der Waals surface area contributed by atoms with E-state index in [0.29, 0.717) is 0 Å². The molecule has 1 fully saturated rings. The van der Waals surface area contributed by atoms with Gasteiger partial charge in [0, 0.05) is 12.6 Å². The number of anilines is 1. The molecule has 1 aliphatic rings. The SMILES string of the molecule is Nc1c(F)cccc1S(=O)(=O)N(CCO)C1CCCC1. The molecule has 0 atom stereocenters. The van der Waals surface area contributed by atoms with E-state index in [1.54, 1.807) is 0 Å². The molecule has 0 heterocycles. The van der Waals surface area contributed by atoms with Crippen molar-refractivity contribution >= 4 is 15.7 Å². The van der Waals surface area contributed by atoms with Gasteiger partial charge in [-0.1, -0.05) is 18.9 Å². The van der Waals surface area contributed by atoms with Gasteiger partial charge in [-0.2, -0.15) is 4.31 Å². The molecular formula is C13H19FN2O3S. The first-order valence-corrected chi connectivity index (χ1v) is 8.09. The maximum atomic E-state index is 13.5. The molecule has 7 heteroatoms. The van der Waals surface area contributed by atoms with Crippen molar-refractivity contribution < 1.29 is 17.9 Å². The number of nitrogens with two attached hydrogens (primary N) is 1. The van der Waals surface area contributed by atoms with Crippen LogP contribution < -0.4 is 5.73 Å². The van der Waals surface area contributed by atoms with E-state index < -0.39 is 15.8 Å². The molecule has 0 bridgehead atoms. The molecule has 0 spiro atoms. The van der Waals surface area contributed by atoms with E-state index in [-0.39, 0.29) is 29.8 Å². The lowest BCUT2D eigenvalue weighted by Gasteiger charge is -2.27. The van der Waals surface area contributed by atoms with Crippen LogP contribution in [0.25, 0.3) is 0 Å². The average molecular weight is 302 g/mol. The number of nitrogens with zero attached hydrogens (tertiary/aromatic N) is 1. The molecule has 2 rings (SSSR count). The molecule has 1 aromatic rings. The molecule has 3 N–H and O–H groups in total. The van der Waals surface area contributed by atoms with Crippen molar-refractivity contribution in [3.63, 3.8) is 0 Å². The van der Waals surface area contributed by atoms with Gasteiger partial charge in [0.1, 0.15) is 10.7 Å². The van der Waals surface area contributed by atoms with E-state index >= 15 is 0 Å². The number of aliphatic hydroxyl groups is 1. The normalized spacial score (nSPS) is 16.9. The maximum absolute atomic E-state index is 13.5. The zero-order chi connectivity index (χ0) is 14.8. The molecule has 5 nitrogen and oxygen atoms in total. The highest BCUT2D eigenvalue weighted by molar-refractivity contribution is 7.89. The fourth-order valence-electron chi connectivity index (χ4n) is 2.66. The molecule has 112 valence electrons. The lowest BCUT2D eigenvalue weighted by molar-refractivity contribution is 0.226. The molecule has 0 aromatic heterocycles. The standard InChI is InChI=1S/C13H19FN2O3S/c14-11-6-3-7-12(13(11)15)20(18,19)16(8-9-17)10-4-1-2-5-10/h3,6-7,10,17H,1-2,4-5,8-9,15H2. The third-order valence-corrected chi connectivity index (χ3v) is 5.66. The maximum Gasteiger partial charge on any atom is 0.245 e. The van der Waals surface area contributed by atoms with Crippen LogP contribution >= 0.6 is 0 Å². The Hall–Kier alpha value is -1.18. The number of rotatable bonds is 5. The Kier molecular flexibility index (Phi) is 4.62. The number of para-hydroxylation sites is 1. The van der Waals surface area contributed by atoms with E-state index in [2.05, 4.69) is 0 Å². The lowest BCUT2D eigenvalue weighted by Crippen LogP contribution is -2.41. The third-order valence-electron chi connectivity index (χ3n) is 3.65. The highest BCUT2D eigenvalue weighted by atomic mass is 32.2. The van der Waals surface area contributed by atoms with Crippen LogP contribution in [0.4, 0.5) is 10.1 Å². The van der Waals surface area contributed by atoms with Crippen molar-refractivity contribution in [2.45, 2.75) is 36.6 Å². The molecule has 0 aliphatic heterocycles. The molecule has 0 saturated heterocycles. The van der Waals surface area contributed by atoms with Crippen LogP contribution in [0.5, 0.6) is 0 Å². The Balaban J connectivity index is 2.42. The summed E-state index contributed by atoms with van der Waals surface area (Å²) in [6, 6.07) is 3.60. The second kappa shape index (κ2) is 6.07. The Labute approximate surface area is 118 Å². The van der Waals surface area contributed by atoms with Crippen LogP contribution in [0.2, 0.25) is 0 Å². The Morgan fingerprint density at radius 2 is 2.00 bits per heavy atom. The van der Waals surface area contributed by atoms with Gasteiger partial charge in [0.15, 0.2) is 0 Å². The first-order chi connectivity index (χ1) is 9.48. The number of hydrogen-bond donors (Lipinski definition) is 2. The minimum atomic E-state index is -3.89. The summed E-state index contributed by atoms with van der Waals surface area (Å²) >= 11 is 0. The largest absolute Gasteiger partial charge is 0.395 e. The van der Waals surface area contributed by atoms with Crippen LogP contribution in [-0.2, 0) is 10.0 Å². The zero-order valence-electron chi connectivity index (χ0n) is 11.1. The van der Waals surface area contributed by atoms with Gasteiger partial charge in [0.05, 0.1) is 12.3 Å². The summed E-state index contributed by atoms with van der Waals surface area (Å²) in [5.41, 5.74) is 5.19. The third kappa shape index (κ3) is 2.79. The van der Waals surface area contributed by atoms with Crippen LogP contribution in [0.15, 0.2) is 23.1 Å². The number of sulfonamides is 1. The summed E-state index contributed by atoms with van der Waals surface area (Å²) in [7, 11) is -3.89. The monoisotopic (exact) mass is 302 g/mol. The van der Waals surface area contributed by atoms with Crippen LogP contribution in [0.3, 0.4) is 0 Å². The number of nitrogen functional groups attached to an aromatic ring is 1. The van der Waals surface area contributed by atoms with Crippen molar-refractivity contribution in [2.24, 2.45) is 0 Å². The number of halogens is 1. The zero-order valence-corrected chi connectivity index (χ0v) is 11.9. The minimum Gasteiger partial charge on any atom is -0.395 e. The number of benzene rings is 1. The molecule has 1 saturated carbocycles. The van der Waals surface area contributed by atoms with Gasteiger partial charge in [-0.05, 0) is 25.0 Å². The van der Waals surface area contributed by atoms with E-state index in [1.807, 2.05) is 0 Å². The predicted octanol–water partition coefficient (Wildman–Crippen LogP) is 1.33. The van der Waals surface area contributed by atoms with Gasteiger partial charge >= 0.3 is 0 Å². The van der Waals surface area contributed by atoms with Gasteiger partial charge in [-0.25, -0.2) is 12.8 Å². The summed E-state index contributed by atoms with van der Waals surface area (Å²) < 4.78 is 40.0. The van der Waals surface area contributed by atoms with Gasteiger partial charge < -0.3 is 10.8 Å². The highest BCUT2D eigenvalue weighted by Gasteiger charge is 2.34. The number of aliphatic hydroxyl groups excluding tert-OH is 1. The summed E-state index contributed by atoms with van der Waals surface area (Å²) in [4.78, 5) is -0.224. The van der Waals surface area contributed by atoms with E-state index in [0.717, 1.165) is 31.7 Å². The van der Waals surface area contributed by atoms with Crippen molar-refractivity contribution in [2.75, 3.05) is 18.9 Å². The fraction of sp³-hybridized carbons (Fsp3) is 0.538. The van der Waals surface area contributed by atoms with Crippen molar-refractivity contribution in [1.82, 2.24) is 4.31 Å². The van der Waals surface area contributed by atoms with E-state index in [4.69, 9.17) is 10.8 Å². The number of hydrogen-bond acceptors (Lipinski definition) is 4. The van der Waals surface area contributed by atoms with Gasteiger partial charge in [0.2, 0.25) is 10.0 Å². The van der Waals surface area contributed by atoms with E-state index in [9.17, 15) is 12.8 Å². The molecule has 1 aliphatic carbocycles. The van der Waals surface area contributed by atoms with Crippen LogP contribution in [0.1, 0.15) is 25.7 Å². The van der Waals surface area contributed by atoms with Crippen LogP contribution in [0, 0.1) is 5.82 Å². The smallest absolute Gasteiger partial charge is 0.245 e. The van der Waals surface area contributed by atoms with Gasteiger partial charge in [-0.3, -0.25) is 0 Å². The molecule has 0 amide bonds. The predicted molar refractivity (Wildman–Crippen MR) is 74.0 cm³/mol. The topological polar surface area (TPSA) is 83.6 Å². The molecule has 0 radical (unpaired) electrons. The second-order valence-electron chi connectivity index (χ2n) is 4.93. The Morgan fingerprint density at radius 3 is 2.60 bits per heavy atom. The molecular weight excluding hydrogens is 283 g/mol. The highest BCUT2D eigenvalue weighted by Crippen LogP contribution is 2.31. The molecule has 0 unspecified atom stereocenters. The van der Waals surface area contributed by atoms with Crippen LogP contribution in [-0.4, -0.2) is 37.0 Å². The first kappa shape index (κ1) is 15.2. The summed E-state index contributed by atoms with van der Waals surface area (Å²) in [5.74, 6) is -0.749. The quantitative estimate of drug-likeness (QED) is 0.804. The van der Waals surface area contributed by atoms with Crippen molar-refractivity contribution in [1.29, 1.82) is 0 Å². The summed E-state index contributed by atoms with van der Waals surface area (Å²) in [5, 5.41) is 9.12. The Bertz CT molecular complexity index is 571. The van der Waals surface area contributed by atoms with Gasteiger partial charge in [-0.15, -0.1) is 0 Å². The second-order valence-corrected chi connectivity index (χ2v) is 6.79. The average Bonchev–Trinajstić information content (AvgIpc) is 2.92.